The Kier molecular flexibility index (Phi) is 24.1. The fraction of sp³-hybridized carbons (Fsp3) is 1.00. The molecule has 7 heteroatoms. The van der Waals surface area contributed by atoms with Gasteiger partial charge in [-0.2, -0.15) is 0 Å². The number of rotatable bonds is 6. The molecule has 9 N–H and O–H groups in total. The average molecular weight is 691 g/mol. The molecule has 0 radical (unpaired) electrons. The topological polar surface area (TPSA) is 123 Å². The van der Waals surface area contributed by atoms with Gasteiger partial charge in [0.25, 0.3) is 0 Å². The Hall–Kier alpha value is -0.280. The van der Waals surface area contributed by atoms with Gasteiger partial charge in [0.2, 0.25) is 0 Å². The zero-order chi connectivity index (χ0) is 34.8. The van der Waals surface area contributed by atoms with Crippen LogP contribution in [0.25, 0.3) is 0 Å². The van der Waals surface area contributed by atoms with Crippen molar-refractivity contribution in [3.05, 3.63) is 0 Å². The fourth-order valence-electron chi connectivity index (χ4n) is 10.1. The molecule has 3 saturated heterocycles. The van der Waals surface area contributed by atoms with Gasteiger partial charge in [-0.3, -0.25) is 0 Å². The van der Waals surface area contributed by atoms with Gasteiger partial charge in [-0.1, -0.05) is 84.0 Å². The third-order valence-corrected chi connectivity index (χ3v) is 12.8. The van der Waals surface area contributed by atoms with Gasteiger partial charge in [-0.05, 0) is 138 Å². The van der Waals surface area contributed by atoms with E-state index in [9.17, 15) is 0 Å². The summed E-state index contributed by atoms with van der Waals surface area (Å²) in [6.45, 7) is 12.8. The number of piperidine rings is 1. The fourth-order valence-corrected chi connectivity index (χ4v) is 10.1. The number of ether oxygens (including phenoxy) is 1. The van der Waals surface area contributed by atoms with Crippen molar-refractivity contribution >= 4 is 0 Å². The van der Waals surface area contributed by atoms with E-state index in [1.165, 1.54) is 161 Å². The van der Waals surface area contributed by atoms with Crippen LogP contribution in [-0.2, 0) is 4.74 Å². The number of piperazine rings is 1. The van der Waals surface area contributed by atoms with Gasteiger partial charge in [-0.25, -0.2) is 0 Å². The lowest BCUT2D eigenvalue weighted by molar-refractivity contribution is -0.0468. The van der Waals surface area contributed by atoms with E-state index in [0.717, 1.165) is 81.9 Å². The van der Waals surface area contributed by atoms with Crippen LogP contribution < -0.4 is 33.2 Å². The summed E-state index contributed by atoms with van der Waals surface area (Å²) in [4.78, 5) is 0. The second-order valence-electron chi connectivity index (χ2n) is 17.2. The molecule has 0 aromatic carbocycles. The van der Waals surface area contributed by atoms with Crippen LogP contribution in [0.2, 0.25) is 0 Å². The van der Waals surface area contributed by atoms with Gasteiger partial charge < -0.3 is 37.9 Å². The van der Waals surface area contributed by atoms with Crippen LogP contribution in [0, 0.1) is 35.0 Å². The molecule has 1 unspecified atom stereocenters. The van der Waals surface area contributed by atoms with Crippen LogP contribution in [0.5, 0.6) is 0 Å². The van der Waals surface area contributed by atoms with Crippen molar-refractivity contribution in [3.8, 4) is 0 Å². The van der Waals surface area contributed by atoms with Crippen molar-refractivity contribution in [2.24, 2.45) is 52.2 Å². The van der Waals surface area contributed by atoms with Gasteiger partial charge in [0.1, 0.15) is 0 Å². The van der Waals surface area contributed by atoms with Crippen LogP contribution in [0.15, 0.2) is 0 Å². The standard InChI is InChI=1S/C11H19N.C9H19N.C7H15N.C6H12.C5H11NO.C4H10N2/c12-7-11-4-8-1-9(5-11)3-10(2-8)6-11;1-2-3-4-9-5-7-10-8-6-9;8-6-7-4-2-1-3-5-7;1-2-4-6-5-3-1;6-4-5-2-1-3-7-5;1-2-6-4-3-5-1/h8-10H,1-7,12H2;9-10H,2-8H2,1H3;7H,1-6,8H2;1-6H2;5H,1-4,6H2;5-6H,1-4H2. The second kappa shape index (κ2) is 27.3. The largest absolute Gasteiger partial charge is 0.377 e. The van der Waals surface area contributed by atoms with Crippen LogP contribution >= 0.6 is 0 Å². The molecule has 6 aliphatic carbocycles. The van der Waals surface area contributed by atoms with Gasteiger partial charge >= 0.3 is 0 Å². The molecule has 7 nitrogen and oxygen atoms in total. The minimum atomic E-state index is 0.375. The highest BCUT2D eigenvalue weighted by Gasteiger charge is 2.49. The molecule has 1 atom stereocenters. The molecule has 290 valence electrons. The minimum Gasteiger partial charge on any atom is -0.377 e. The summed E-state index contributed by atoms with van der Waals surface area (Å²) in [7, 11) is 0. The lowest BCUT2D eigenvalue weighted by atomic mass is 9.50. The number of nitrogens with one attached hydrogen (secondary N) is 3. The van der Waals surface area contributed by atoms with Crippen molar-refractivity contribution in [2.75, 3.05) is 65.5 Å². The normalized spacial score (nSPS) is 32.3. The molecule has 49 heavy (non-hydrogen) atoms. The predicted molar refractivity (Wildman–Crippen MR) is 212 cm³/mol. The van der Waals surface area contributed by atoms with E-state index in [2.05, 4.69) is 22.9 Å². The molecular formula is C42H86N6O. The maximum atomic E-state index is 5.93. The molecule has 4 bridgehead atoms. The Morgan fingerprint density at radius 3 is 1.39 bits per heavy atom. The smallest absolute Gasteiger partial charge is 0.0698 e. The summed E-state index contributed by atoms with van der Waals surface area (Å²) in [5, 5.41) is 9.84. The quantitative estimate of drug-likeness (QED) is 0.171. The minimum absolute atomic E-state index is 0.375. The molecule has 3 heterocycles. The van der Waals surface area contributed by atoms with Crippen molar-refractivity contribution < 1.29 is 4.74 Å². The van der Waals surface area contributed by atoms with Crippen molar-refractivity contribution in [1.29, 1.82) is 0 Å². The number of unbranched alkanes of at least 4 members (excludes halogenated alkanes) is 1. The third kappa shape index (κ3) is 18.9. The summed E-state index contributed by atoms with van der Waals surface area (Å²) in [6.07, 6.45) is 34.9. The molecule has 0 aromatic rings. The van der Waals surface area contributed by atoms with Crippen LogP contribution in [0.4, 0.5) is 0 Å². The first-order valence-corrected chi connectivity index (χ1v) is 21.9. The maximum Gasteiger partial charge on any atom is 0.0698 e. The monoisotopic (exact) mass is 691 g/mol. The highest BCUT2D eigenvalue weighted by Crippen LogP contribution is 2.59. The first-order valence-electron chi connectivity index (χ1n) is 21.9. The number of hydrogen-bond donors (Lipinski definition) is 6. The lowest BCUT2D eigenvalue weighted by Crippen LogP contribution is -2.49. The molecule has 0 amide bonds. The van der Waals surface area contributed by atoms with Crippen LogP contribution in [0.1, 0.15) is 161 Å². The van der Waals surface area contributed by atoms with E-state index in [0.29, 0.717) is 18.1 Å². The predicted octanol–water partition coefficient (Wildman–Crippen LogP) is 7.51. The van der Waals surface area contributed by atoms with E-state index in [4.69, 9.17) is 21.9 Å². The van der Waals surface area contributed by atoms with Crippen LogP contribution in [0.3, 0.4) is 0 Å². The summed E-state index contributed by atoms with van der Waals surface area (Å²) in [5.74, 6) is 5.12. The second-order valence-corrected chi connectivity index (χ2v) is 17.2. The first-order chi connectivity index (χ1) is 24.1. The summed E-state index contributed by atoms with van der Waals surface area (Å²) in [6, 6.07) is 0. The van der Waals surface area contributed by atoms with Crippen LogP contribution in [-0.4, -0.2) is 71.6 Å². The zero-order valence-corrected chi connectivity index (χ0v) is 32.6. The Morgan fingerprint density at radius 1 is 0.551 bits per heavy atom. The Morgan fingerprint density at radius 2 is 1.04 bits per heavy atom. The lowest BCUT2D eigenvalue weighted by Gasteiger charge is -2.56. The van der Waals surface area contributed by atoms with Crippen molar-refractivity contribution in [3.63, 3.8) is 0 Å². The third-order valence-electron chi connectivity index (χ3n) is 12.8. The Labute approximate surface area is 304 Å². The SMILES string of the molecule is C1CCCCC1.C1CNCCN1.CCCCC1CCNCC1.NCC12CC3CC(CC(C3)C1)C2.NCC1CCCCC1.NCC1CCCO1. The summed E-state index contributed by atoms with van der Waals surface area (Å²) in [5.41, 5.74) is 17.4. The molecule has 9 fully saturated rings. The van der Waals surface area contributed by atoms with E-state index in [1.54, 1.807) is 0 Å². The number of hydrogen-bond acceptors (Lipinski definition) is 7. The molecule has 9 aliphatic rings. The van der Waals surface area contributed by atoms with E-state index < -0.39 is 0 Å². The molecule has 0 aromatic heterocycles. The van der Waals surface area contributed by atoms with Gasteiger partial charge in [0, 0.05) is 39.3 Å². The first kappa shape index (κ1) is 43.1. The van der Waals surface area contributed by atoms with E-state index in [-0.39, 0.29) is 0 Å². The van der Waals surface area contributed by atoms with E-state index >= 15 is 0 Å². The summed E-state index contributed by atoms with van der Waals surface area (Å²) < 4.78 is 5.18. The molecule has 6 saturated carbocycles. The van der Waals surface area contributed by atoms with Gasteiger partial charge in [0.15, 0.2) is 0 Å². The Bertz CT molecular complexity index is 671. The van der Waals surface area contributed by atoms with E-state index in [1.807, 2.05) is 0 Å². The summed E-state index contributed by atoms with van der Waals surface area (Å²) >= 11 is 0. The maximum absolute atomic E-state index is 5.93. The highest BCUT2D eigenvalue weighted by molar-refractivity contribution is 5.01. The molecule has 9 rings (SSSR count). The van der Waals surface area contributed by atoms with Gasteiger partial charge in [0.05, 0.1) is 6.10 Å². The molecule has 0 spiro atoms. The number of nitrogens with two attached hydrogens (primary N) is 3. The molecule has 3 aliphatic heterocycles. The molecular weight excluding hydrogens is 605 g/mol. The Balaban J connectivity index is 0.000000163. The highest BCUT2D eigenvalue weighted by atomic mass is 16.5. The zero-order valence-electron chi connectivity index (χ0n) is 32.6. The average Bonchev–Trinajstić information content (AvgIpc) is 3.72. The van der Waals surface area contributed by atoms with Gasteiger partial charge in [-0.15, -0.1) is 0 Å². The van der Waals surface area contributed by atoms with Crippen molar-refractivity contribution in [1.82, 2.24) is 16.0 Å². The van der Waals surface area contributed by atoms with Crippen molar-refractivity contribution in [2.45, 2.75) is 167 Å².